The van der Waals surface area contributed by atoms with Crippen LogP contribution in [-0.2, 0) is 21.8 Å². The maximum absolute atomic E-state index is 13.2. The van der Waals surface area contributed by atoms with Crippen molar-refractivity contribution in [3.63, 3.8) is 0 Å². The molecule has 0 unspecified atom stereocenters. The molecule has 2 amide bonds. The third-order valence-corrected chi connectivity index (χ3v) is 6.12. The van der Waals surface area contributed by atoms with E-state index in [1.165, 1.54) is 16.7 Å². The second-order valence-corrected chi connectivity index (χ2v) is 9.35. The lowest BCUT2D eigenvalue weighted by molar-refractivity contribution is -0.138. The van der Waals surface area contributed by atoms with Crippen LogP contribution < -0.4 is 5.32 Å². The van der Waals surface area contributed by atoms with Crippen LogP contribution in [0.5, 0.6) is 0 Å². The Labute approximate surface area is 191 Å². The van der Waals surface area contributed by atoms with Gasteiger partial charge in [0.05, 0.1) is 5.75 Å². The number of nitrogens with one attached hydrogen (secondary N) is 1. The first-order chi connectivity index (χ1) is 14.9. The van der Waals surface area contributed by atoms with Crippen LogP contribution in [0.25, 0.3) is 0 Å². The fourth-order valence-electron chi connectivity index (χ4n) is 3.46. The molecule has 168 valence electrons. The molecule has 0 spiro atoms. The summed E-state index contributed by atoms with van der Waals surface area (Å²) in [6.07, 6.45) is 1.34. The SMILES string of the molecule is CC[C@H](C(=O)NCC(C)C)N(CCc1ccccc1)C(=O)CSCc1cccc(C)c1. The zero-order valence-electron chi connectivity index (χ0n) is 19.3. The first-order valence-electron chi connectivity index (χ1n) is 11.1. The van der Waals surface area contributed by atoms with Crippen molar-refractivity contribution in [2.24, 2.45) is 5.92 Å². The molecule has 2 aromatic carbocycles. The number of hydrogen-bond acceptors (Lipinski definition) is 3. The standard InChI is InChI=1S/C26H36N2O2S/c1-5-24(26(30)27-17-20(2)3)28(15-14-22-11-7-6-8-12-22)25(29)19-31-18-23-13-9-10-21(4)16-23/h6-13,16,20,24H,5,14-15,17-19H2,1-4H3,(H,27,30)/t24-/m1/s1. The Bertz CT molecular complexity index is 823. The zero-order valence-corrected chi connectivity index (χ0v) is 20.1. The summed E-state index contributed by atoms with van der Waals surface area (Å²) in [6, 6.07) is 18.1. The van der Waals surface area contributed by atoms with E-state index in [1.54, 1.807) is 16.7 Å². The van der Waals surface area contributed by atoms with Crippen LogP contribution in [0.2, 0.25) is 0 Å². The number of carbonyl (C=O) groups excluding carboxylic acids is 2. The van der Waals surface area contributed by atoms with Crippen LogP contribution in [0.4, 0.5) is 0 Å². The van der Waals surface area contributed by atoms with Gasteiger partial charge in [-0.2, -0.15) is 0 Å². The number of thioether (sulfide) groups is 1. The minimum Gasteiger partial charge on any atom is -0.354 e. The summed E-state index contributed by atoms with van der Waals surface area (Å²) in [4.78, 5) is 27.8. The molecule has 0 saturated carbocycles. The van der Waals surface area contributed by atoms with Crippen molar-refractivity contribution in [3.05, 3.63) is 71.3 Å². The van der Waals surface area contributed by atoms with Gasteiger partial charge in [-0.3, -0.25) is 9.59 Å². The highest BCUT2D eigenvalue weighted by molar-refractivity contribution is 7.99. The van der Waals surface area contributed by atoms with Crippen LogP contribution in [0.15, 0.2) is 54.6 Å². The second-order valence-electron chi connectivity index (χ2n) is 8.37. The van der Waals surface area contributed by atoms with E-state index in [9.17, 15) is 9.59 Å². The number of aryl methyl sites for hydroxylation is 1. The van der Waals surface area contributed by atoms with Gasteiger partial charge in [-0.15, -0.1) is 11.8 Å². The van der Waals surface area contributed by atoms with Crippen molar-refractivity contribution in [2.45, 2.75) is 52.3 Å². The zero-order chi connectivity index (χ0) is 22.6. The Morgan fingerprint density at radius 1 is 1.03 bits per heavy atom. The number of rotatable bonds is 12. The lowest BCUT2D eigenvalue weighted by atomic mass is 10.1. The van der Waals surface area contributed by atoms with E-state index in [-0.39, 0.29) is 11.8 Å². The van der Waals surface area contributed by atoms with Gasteiger partial charge in [-0.1, -0.05) is 80.9 Å². The van der Waals surface area contributed by atoms with Crippen molar-refractivity contribution >= 4 is 23.6 Å². The van der Waals surface area contributed by atoms with Gasteiger partial charge in [-0.25, -0.2) is 0 Å². The Balaban J connectivity index is 2.04. The van der Waals surface area contributed by atoms with E-state index in [0.717, 1.165) is 12.2 Å². The highest BCUT2D eigenvalue weighted by atomic mass is 32.2. The van der Waals surface area contributed by atoms with Crippen molar-refractivity contribution in [3.8, 4) is 0 Å². The molecule has 2 aromatic rings. The van der Waals surface area contributed by atoms with E-state index >= 15 is 0 Å². The normalized spacial score (nSPS) is 11.9. The van der Waals surface area contributed by atoms with Crippen LogP contribution in [0.1, 0.15) is 43.9 Å². The monoisotopic (exact) mass is 440 g/mol. The van der Waals surface area contributed by atoms with Crippen molar-refractivity contribution in [1.29, 1.82) is 0 Å². The van der Waals surface area contributed by atoms with Crippen molar-refractivity contribution in [2.75, 3.05) is 18.8 Å². The van der Waals surface area contributed by atoms with E-state index in [1.807, 2.05) is 31.2 Å². The van der Waals surface area contributed by atoms with Gasteiger partial charge in [0.15, 0.2) is 0 Å². The summed E-state index contributed by atoms with van der Waals surface area (Å²) >= 11 is 1.61. The molecule has 0 aliphatic rings. The number of carbonyl (C=O) groups is 2. The molecule has 0 fully saturated rings. The molecule has 4 nitrogen and oxygen atoms in total. The Morgan fingerprint density at radius 2 is 1.74 bits per heavy atom. The maximum atomic E-state index is 13.2. The van der Waals surface area contributed by atoms with Gasteiger partial charge < -0.3 is 10.2 Å². The summed E-state index contributed by atoms with van der Waals surface area (Å²) in [5.41, 5.74) is 3.61. The minimum atomic E-state index is -0.436. The molecule has 5 heteroatoms. The summed E-state index contributed by atoms with van der Waals surface area (Å²) in [6.45, 7) is 9.36. The lowest BCUT2D eigenvalue weighted by Crippen LogP contribution is -2.51. The van der Waals surface area contributed by atoms with Gasteiger partial charge in [0, 0.05) is 18.8 Å². The van der Waals surface area contributed by atoms with E-state index in [4.69, 9.17) is 0 Å². The average molecular weight is 441 g/mol. The second kappa shape index (κ2) is 13.2. The smallest absolute Gasteiger partial charge is 0.242 e. The first-order valence-corrected chi connectivity index (χ1v) is 12.3. The number of benzene rings is 2. The third-order valence-electron chi connectivity index (χ3n) is 5.13. The Hall–Kier alpha value is -2.27. The fraction of sp³-hybridized carbons (Fsp3) is 0.462. The summed E-state index contributed by atoms with van der Waals surface area (Å²) in [5.74, 6) is 1.51. The van der Waals surface area contributed by atoms with Crippen LogP contribution >= 0.6 is 11.8 Å². The van der Waals surface area contributed by atoms with Gasteiger partial charge >= 0.3 is 0 Å². The predicted molar refractivity (Wildman–Crippen MR) is 131 cm³/mol. The molecule has 0 radical (unpaired) electrons. The molecule has 0 saturated heterocycles. The molecule has 2 rings (SSSR count). The van der Waals surface area contributed by atoms with E-state index < -0.39 is 6.04 Å². The topological polar surface area (TPSA) is 49.4 Å². The molecule has 1 atom stereocenters. The quantitative estimate of drug-likeness (QED) is 0.513. The highest BCUT2D eigenvalue weighted by Gasteiger charge is 2.28. The number of amides is 2. The maximum Gasteiger partial charge on any atom is 0.242 e. The Kier molecular flexibility index (Phi) is 10.6. The molecule has 0 bridgehead atoms. The molecule has 1 N–H and O–H groups in total. The lowest BCUT2D eigenvalue weighted by Gasteiger charge is -2.31. The van der Waals surface area contributed by atoms with E-state index in [0.29, 0.717) is 31.2 Å². The largest absolute Gasteiger partial charge is 0.354 e. The summed E-state index contributed by atoms with van der Waals surface area (Å²) < 4.78 is 0. The van der Waals surface area contributed by atoms with Crippen molar-refractivity contribution < 1.29 is 9.59 Å². The molecule has 0 aromatic heterocycles. The molecule has 0 aliphatic heterocycles. The van der Waals surface area contributed by atoms with Gasteiger partial charge in [0.1, 0.15) is 6.04 Å². The summed E-state index contributed by atoms with van der Waals surface area (Å²) in [7, 11) is 0. The predicted octanol–water partition coefficient (Wildman–Crippen LogP) is 4.85. The van der Waals surface area contributed by atoms with Gasteiger partial charge in [0.2, 0.25) is 11.8 Å². The summed E-state index contributed by atoms with van der Waals surface area (Å²) in [5, 5.41) is 3.02. The minimum absolute atomic E-state index is 0.0279. The van der Waals surface area contributed by atoms with Gasteiger partial charge in [0.25, 0.3) is 0 Å². The molecular weight excluding hydrogens is 404 g/mol. The van der Waals surface area contributed by atoms with Crippen molar-refractivity contribution in [1.82, 2.24) is 10.2 Å². The number of hydrogen-bond donors (Lipinski definition) is 1. The Morgan fingerprint density at radius 3 is 2.39 bits per heavy atom. The number of nitrogens with zero attached hydrogens (tertiary/aromatic N) is 1. The molecule has 0 aliphatic carbocycles. The molecule has 0 heterocycles. The average Bonchev–Trinajstić information content (AvgIpc) is 2.75. The van der Waals surface area contributed by atoms with Gasteiger partial charge in [-0.05, 0) is 36.8 Å². The van der Waals surface area contributed by atoms with E-state index in [2.05, 4.69) is 56.4 Å². The highest BCUT2D eigenvalue weighted by Crippen LogP contribution is 2.16. The van der Waals surface area contributed by atoms with Crippen LogP contribution in [-0.4, -0.2) is 41.6 Å². The third kappa shape index (κ3) is 8.78. The first kappa shape index (κ1) is 25.0. The molecule has 31 heavy (non-hydrogen) atoms. The van der Waals surface area contributed by atoms with Crippen LogP contribution in [0, 0.1) is 12.8 Å². The van der Waals surface area contributed by atoms with Crippen LogP contribution in [0.3, 0.4) is 0 Å². The molecular formula is C26H36N2O2S. The fourth-order valence-corrected chi connectivity index (χ4v) is 4.32.